The molecule has 1 unspecified atom stereocenters. The summed E-state index contributed by atoms with van der Waals surface area (Å²) < 4.78 is 11.9. The molecule has 3 rings (SSSR count). The lowest BCUT2D eigenvalue weighted by atomic mass is 10.1. The van der Waals surface area contributed by atoms with Gasteiger partial charge in [-0.25, -0.2) is 0 Å². The Bertz CT molecular complexity index is 1060. The lowest BCUT2D eigenvalue weighted by Gasteiger charge is -2.16. The molecule has 0 aromatic heterocycles. The van der Waals surface area contributed by atoms with Crippen LogP contribution in [0.4, 0.5) is 0 Å². The first kappa shape index (κ1) is 23.3. The molecule has 0 aliphatic rings. The fourth-order valence-electron chi connectivity index (χ4n) is 2.91. The number of hydrazine groups is 1. The Balaban J connectivity index is 1.43. The van der Waals surface area contributed by atoms with Crippen LogP contribution in [0.5, 0.6) is 11.5 Å². The highest BCUT2D eigenvalue weighted by atomic mass is 79.9. The third-order valence-electron chi connectivity index (χ3n) is 4.73. The monoisotopic (exact) mass is 496 g/mol. The highest BCUT2D eigenvalue weighted by molar-refractivity contribution is 9.10. The van der Waals surface area contributed by atoms with Gasteiger partial charge in [-0.2, -0.15) is 0 Å². The molecule has 0 saturated heterocycles. The summed E-state index contributed by atoms with van der Waals surface area (Å²) in [6.07, 6.45) is 0.109. The maximum absolute atomic E-state index is 12.2. The van der Waals surface area contributed by atoms with E-state index in [9.17, 15) is 9.59 Å². The fourth-order valence-corrected chi connectivity index (χ4v) is 3.45. The second kappa shape index (κ2) is 11.3. The number of benzene rings is 3. The molecule has 2 N–H and O–H groups in total. The smallest absolute Gasteiger partial charge is 0.279 e. The van der Waals surface area contributed by atoms with Crippen LogP contribution >= 0.6 is 15.9 Å². The Morgan fingerprint density at radius 2 is 1.62 bits per heavy atom. The first-order valence-electron chi connectivity index (χ1n) is 10.3. The maximum atomic E-state index is 12.2. The topological polar surface area (TPSA) is 76.7 Å². The van der Waals surface area contributed by atoms with Crippen LogP contribution in [0, 0.1) is 0 Å². The molecule has 0 fully saturated rings. The van der Waals surface area contributed by atoms with Gasteiger partial charge in [0.1, 0.15) is 11.5 Å². The van der Waals surface area contributed by atoms with Crippen LogP contribution in [0.1, 0.15) is 19.4 Å². The number of halogens is 1. The van der Waals surface area contributed by atoms with Crippen LogP contribution in [-0.2, 0) is 16.0 Å². The summed E-state index contributed by atoms with van der Waals surface area (Å²) in [6, 6.07) is 23.1. The molecule has 0 spiro atoms. The first-order valence-corrected chi connectivity index (χ1v) is 11.1. The third kappa shape index (κ3) is 6.59. The summed E-state index contributed by atoms with van der Waals surface area (Å²) in [6.45, 7) is 3.43. The zero-order valence-corrected chi connectivity index (χ0v) is 19.5. The SMILES string of the molecule is CCc1ccc(OCC(=O)NNC(=O)C(C)Oc2ccc(-c3ccccc3)cc2)c(Br)c1. The second-order valence-electron chi connectivity index (χ2n) is 7.09. The minimum Gasteiger partial charge on any atom is -0.483 e. The quantitative estimate of drug-likeness (QED) is 0.444. The second-order valence-corrected chi connectivity index (χ2v) is 7.95. The molecule has 0 bridgehead atoms. The van der Waals surface area contributed by atoms with E-state index < -0.39 is 17.9 Å². The number of hydrogen-bond acceptors (Lipinski definition) is 4. The average Bonchev–Trinajstić information content (AvgIpc) is 2.82. The zero-order valence-electron chi connectivity index (χ0n) is 17.9. The van der Waals surface area contributed by atoms with Gasteiger partial charge in [0.15, 0.2) is 12.7 Å². The van der Waals surface area contributed by atoms with Crippen molar-refractivity contribution in [2.24, 2.45) is 0 Å². The van der Waals surface area contributed by atoms with Crippen molar-refractivity contribution in [1.29, 1.82) is 0 Å². The summed E-state index contributed by atoms with van der Waals surface area (Å²) in [4.78, 5) is 24.2. The predicted octanol–water partition coefficient (Wildman–Crippen LogP) is 4.67. The van der Waals surface area contributed by atoms with Crippen molar-refractivity contribution in [3.63, 3.8) is 0 Å². The van der Waals surface area contributed by atoms with E-state index in [2.05, 4.69) is 33.7 Å². The Morgan fingerprint density at radius 3 is 2.28 bits per heavy atom. The average molecular weight is 497 g/mol. The predicted molar refractivity (Wildman–Crippen MR) is 127 cm³/mol. The normalized spacial score (nSPS) is 11.3. The van der Waals surface area contributed by atoms with Crippen molar-refractivity contribution in [2.45, 2.75) is 26.4 Å². The molecule has 6 nitrogen and oxygen atoms in total. The van der Waals surface area contributed by atoms with Crippen LogP contribution in [0.3, 0.4) is 0 Å². The summed E-state index contributed by atoms with van der Waals surface area (Å²) in [5.74, 6) is 0.157. The molecular formula is C25H25BrN2O4. The van der Waals surface area contributed by atoms with E-state index in [0.717, 1.165) is 27.6 Å². The van der Waals surface area contributed by atoms with E-state index in [1.165, 1.54) is 0 Å². The van der Waals surface area contributed by atoms with Gasteiger partial charge < -0.3 is 9.47 Å². The van der Waals surface area contributed by atoms with Gasteiger partial charge in [0.25, 0.3) is 11.8 Å². The van der Waals surface area contributed by atoms with Gasteiger partial charge in [0.2, 0.25) is 0 Å². The van der Waals surface area contributed by atoms with Gasteiger partial charge >= 0.3 is 0 Å². The number of carbonyl (C=O) groups is 2. The van der Waals surface area contributed by atoms with E-state index in [4.69, 9.17) is 9.47 Å². The molecule has 0 aliphatic heterocycles. The van der Waals surface area contributed by atoms with Crippen LogP contribution in [0.15, 0.2) is 77.3 Å². The van der Waals surface area contributed by atoms with Crippen molar-refractivity contribution in [1.82, 2.24) is 10.9 Å². The molecule has 0 aliphatic carbocycles. The van der Waals surface area contributed by atoms with E-state index >= 15 is 0 Å². The van der Waals surface area contributed by atoms with Gasteiger partial charge in [0, 0.05) is 0 Å². The van der Waals surface area contributed by atoms with Crippen molar-refractivity contribution in [3.05, 3.63) is 82.8 Å². The highest BCUT2D eigenvalue weighted by Gasteiger charge is 2.16. The Hall–Kier alpha value is -3.32. The van der Waals surface area contributed by atoms with Crippen molar-refractivity contribution in [2.75, 3.05) is 6.61 Å². The Morgan fingerprint density at radius 1 is 0.938 bits per heavy atom. The van der Waals surface area contributed by atoms with Gasteiger partial charge in [0.05, 0.1) is 4.47 Å². The number of amides is 2. The first-order chi connectivity index (χ1) is 15.5. The van der Waals surface area contributed by atoms with Gasteiger partial charge in [-0.05, 0) is 70.2 Å². The largest absolute Gasteiger partial charge is 0.483 e. The number of ether oxygens (including phenoxy) is 2. The van der Waals surface area contributed by atoms with Crippen molar-refractivity contribution < 1.29 is 19.1 Å². The van der Waals surface area contributed by atoms with E-state index in [0.29, 0.717) is 11.5 Å². The van der Waals surface area contributed by atoms with Crippen LogP contribution < -0.4 is 20.3 Å². The van der Waals surface area contributed by atoms with E-state index in [1.54, 1.807) is 25.1 Å². The van der Waals surface area contributed by atoms with Gasteiger partial charge in [-0.1, -0.05) is 55.5 Å². The van der Waals surface area contributed by atoms with Crippen molar-refractivity contribution >= 4 is 27.7 Å². The summed E-state index contributed by atoms with van der Waals surface area (Å²) >= 11 is 3.43. The van der Waals surface area contributed by atoms with E-state index in [1.807, 2.05) is 54.6 Å². The lowest BCUT2D eigenvalue weighted by molar-refractivity contribution is -0.133. The molecule has 0 heterocycles. The van der Waals surface area contributed by atoms with E-state index in [-0.39, 0.29) is 6.61 Å². The summed E-state index contributed by atoms with van der Waals surface area (Å²) in [5, 5.41) is 0. The highest BCUT2D eigenvalue weighted by Crippen LogP contribution is 2.26. The Kier molecular flexibility index (Phi) is 8.27. The minimum absolute atomic E-state index is 0.236. The number of hydrogen-bond donors (Lipinski definition) is 2. The standard InChI is InChI=1S/C25H25BrN2O4/c1-3-18-9-14-23(22(26)15-18)31-16-24(29)27-28-25(30)17(2)32-21-12-10-20(11-13-21)19-7-5-4-6-8-19/h4-15,17H,3,16H2,1-2H3,(H,27,29)(H,28,30). The molecular weight excluding hydrogens is 472 g/mol. The number of nitrogens with one attached hydrogen (secondary N) is 2. The fraction of sp³-hybridized carbons (Fsp3) is 0.200. The molecule has 0 radical (unpaired) electrons. The summed E-state index contributed by atoms with van der Waals surface area (Å²) in [5.41, 5.74) is 8.00. The minimum atomic E-state index is -0.797. The van der Waals surface area contributed by atoms with Gasteiger partial charge in [-0.3, -0.25) is 20.4 Å². The summed E-state index contributed by atoms with van der Waals surface area (Å²) in [7, 11) is 0. The number of aryl methyl sites for hydroxylation is 1. The van der Waals surface area contributed by atoms with Crippen molar-refractivity contribution in [3.8, 4) is 22.6 Å². The third-order valence-corrected chi connectivity index (χ3v) is 5.35. The lowest BCUT2D eigenvalue weighted by Crippen LogP contribution is -2.48. The van der Waals surface area contributed by atoms with Gasteiger partial charge in [-0.15, -0.1) is 0 Å². The maximum Gasteiger partial charge on any atom is 0.279 e. The molecule has 0 saturated carbocycles. The van der Waals surface area contributed by atoms with Crippen LogP contribution in [0.25, 0.3) is 11.1 Å². The Labute approximate surface area is 196 Å². The zero-order chi connectivity index (χ0) is 22.9. The number of rotatable bonds is 8. The molecule has 3 aromatic carbocycles. The van der Waals surface area contributed by atoms with Crippen LogP contribution in [0.2, 0.25) is 0 Å². The molecule has 2 amide bonds. The number of carbonyl (C=O) groups excluding carboxylic acids is 2. The van der Waals surface area contributed by atoms with Crippen LogP contribution in [-0.4, -0.2) is 24.5 Å². The molecule has 32 heavy (non-hydrogen) atoms. The molecule has 3 aromatic rings. The molecule has 1 atom stereocenters. The molecule has 7 heteroatoms. The molecule has 166 valence electrons.